The SMILES string of the molecule is COC(=O)N(C(=O)CCCN1CCC(C(=O)OC)(c2ccccc2)CC1)C1=C(C)N=C(SCc2ccc(OC)cc2)NC1c1ccc([N+](=O)[O-])cc1. The Bertz CT molecular complexity index is 1810. The van der Waals surface area contributed by atoms with Crippen LogP contribution in [0.2, 0.25) is 0 Å². The molecule has 1 saturated heterocycles. The van der Waals surface area contributed by atoms with Gasteiger partial charge in [0.2, 0.25) is 5.91 Å². The van der Waals surface area contributed by atoms with Crippen LogP contribution >= 0.6 is 11.8 Å². The maximum Gasteiger partial charge on any atom is 0.420 e. The number of ether oxygens (including phenoxy) is 3. The molecule has 274 valence electrons. The molecule has 3 aromatic carbocycles. The molecule has 2 aliphatic heterocycles. The van der Waals surface area contributed by atoms with Crippen molar-refractivity contribution in [3.05, 3.63) is 117 Å². The average Bonchev–Trinajstić information content (AvgIpc) is 3.18. The lowest BCUT2D eigenvalue weighted by Gasteiger charge is -2.40. The number of imide groups is 1. The lowest BCUT2D eigenvalue weighted by atomic mass is 9.72. The monoisotopic (exact) mass is 729 g/mol. The molecule has 13 nitrogen and oxygen atoms in total. The Hall–Kier alpha value is -5.21. The van der Waals surface area contributed by atoms with Gasteiger partial charge < -0.3 is 24.4 Å². The highest BCUT2D eigenvalue weighted by Crippen LogP contribution is 2.38. The zero-order valence-electron chi connectivity index (χ0n) is 29.7. The predicted molar refractivity (Wildman–Crippen MR) is 198 cm³/mol. The van der Waals surface area contributed by atoms with E-state index in [1.54, 1.807) is 26.2 Å². The molecule has 1 fully saturated rings. The molecule has 0 saturated carbocycles. The van der Waals surface area contributed by atoms with Gasteiger partial charge in [0.15, 0.2) is 5.17 Å². The maximum absolute atomic E-state index is 13.9. The van der Waals surface area contributed by atoms with E-state index in [9.17, 15) is 24.5 Å². The van der Waals surface area contributed by atoms with Crippen LogP contribution in [0.25, 0.3) is 0 Å². The Morgan fingerprint density at radius 2 is 1.65 bits per heavy atom. The van der Waals surface area contributed by atoms with Crippen molar-refractivity contribution >= 4 is 40.6 Å². The summed E-state index contributed by atoms with van der Waals surface area (Å²) in [6, 6.07) is 22.6. The molecule has 0 radical (unpaired) electrons. The van der Waals surface area contributed by atoms with Crippen molar-refractivity contribution in [2.45, 2.75) is 49.8 Å². The van der Waals surface area contributed by atoms with Crippen molar-refractivity contribution in [1.29, 1.82) is 0 Å². The molecule has 2 heterocycles. The first-order chi connectivity index (χ1) is 25.1. The summed E-state index contributed by atoms with van der Waals surface area (Å²) < 4.78 is 15.6. The van der Waals surface area contributed by atoms with Gasteiger partial charge in [-0.3, -0.25) is 19.7 Å². The number of allylic oxidation sites excluding steroid dienone is 1. The van der Waals surface area contributed by atoms with Crippen molar-refractivity contribution in [3.8, 4) is 5.75 Å². The van der Waals surface area contributed by atoms with E-state index in [0.29, 0.717) is 61.1 Å². The first-order valence-corrected chi connectivity index (χ1v) is 17.9. The molecular formula is C38H43N5O8S. The zero-order chi connectivity index (χ0) is 37.3. The summed E-state index contributed by atoms with van der Waals surface area (Å²) in [6.45, 7) is 3.58. The van der Waals surface area contributed by atoms with Gasteiger partial charge in [0.05, 0.1) is 49.1 Å². The number of carbonyl (C=O) groups is 3. The van der Waals surface area contributed by atoms with Gasteiger partial charge in [-0.1, -0.05) is 54.2 Å². The molecule has 0 aliphatic carbocycles. The van der Waals surface area contributed by atoms with E-state index in [2.05, 4.69) is 10.2 Å². The van der Waals surface area contributed by atoms with Crippen molar-refractivity contribution in [2.75, 3.05) is 41.0 Å². The maximum atomic E-state index is 13.9. The fourth-order valence-corrected chi connectivity index (χ4v) is 7.52. The van der Waals surface area contributed by atoms with Crippen molar-refractivity contribution in [1.82, 2.24) is 15.1 Å². The minimum atomic E-state index is -0.860. The number of non-ortho nitro benzene ring substituents is 1. The molecular weight excluding hydrogens is 687 g/mol. The number of thioether (sulfide) groups is 1. The number of esters is 1. The second-order valence-electron chi connectivity index (χ2n) is 12.5. The first-order valence-electron chi connectivity index (χ1n) is 16.9. The van der Waals surface area contributed by atoms with Gasteiger partial charge in [-0.15, -0.1) is 0 Å². The second-order valence-corrected chi connectivity index (χ2v) is 13.5. The zero-order valence-corrected chi connectivity index (χ0v) is 30.5. The highest BCUT2D eigenvalue weighted by Gasteiger charge is 2.44. The van der Waals surface area contributed by atoms with Crippen LogP contribution in [-0.4, -0.2) is 78.8 Å². The van der Waals surface area contributed by atoms with Gasteiger partial charge >= 0.3 is 12.1 Å². The predicted octanol–water partition coefficient (Wildman–Crippen LogP) is 6.35. The number of nitrogens with one attached hydrogen (secondary N) is 1. The average molecular weight is 730 g/mol. The molecule has 1 atom stereocenters. The third kappa shape index (κ3) is 8.62. The summed E-state index contributed by atoms with van der Waals surface area (Å²) in [5.74, 6) is 0.605. The Morgan fingerprint density at radius 1 is 0.981 bits per heavy atom. The van der Waals surface area contributed by atoms with Crippen LogP contribution in [0.1, 0.15) is 55.3 Å². The minimum absolute atomic E-state index is 0.0407. The highest BCUT2D eigenvalue weighted by molar-refractivity contribution is 8.13. The lowest BCUT2D eigenvalue weighted by Crippen LogP contribution is -2.48. The molecule has 52 heavy (non-hydrogen) atoms. The Labute approximate surface area is 307 Å². The van der Waals surface area contributed by atoms with Crippen LogP contribution in [0.5, 0.6) is 5.75 Å². The van der Waals surface area contributed by atoms with E-state index in [1.165, 1.54) is 38.1 Å². The van der Waals surface area contributed by atoms with E-state index in [0.717, 1.165) is 21.8 Å². The number of benzene rings is 3. The summed E-state index contributed by atoms with van der Waals surface area (Å²) in [4.78, 5) is 59.2. The number of amidine groups is 1. The molecule has 5 rings (SSSR count). The summed E-state index contributed by atoms with van der Waals surface area (Å²) >= 11 is 1.44. The van der Waals surface area contributed by atoms with Crippen LogP contribution in [-0.2, 0) is 30.2 Å². The van der Waals surface area contributed by atoms with Crippen LogP contribution < -0.4 is 10.1 Å². The highest BCUT2D eigenvalue weighted by atomic mass is 32.2. The molecule has 0 aromatic heterocycles. The third-order valence-electron chi connectivity index (χ3n) is 9.48. The third-order valence-corrected chi connectivity index (χ3v) is 10.4. The van der Waals surface area contributed by atoms with E-state index in [4.69, 9.17) is 19.2 Å². The van der Waals surface area contributed by atoms with Crippen molar-refractivity contribution in [2.24, 2.45) is 4.99 Å². The molecule has 14 heteroatoms. The number of nitrogens with zero attached hydrogens (tertiary/aromatic N) is 4. The molecule has 0 bridgehead atoms. The number of methoxy groups -OCH3 is 3. The molecule has 1 N–H and O–H groups in total. The van der Waals surface area contributed by atoms with Gasteiger partial charge in [-0.25, -0.2) is 14.7 Å². The van der Waals surface area contributed by atoms with Gasteiger partial charge in [0.1, 0.15) is 5.75 Å². The van der Waals surface area contributed by atoms with Crippen molar-refractivity contribution in [3.63, 3.8) is 0 Å². The molecule has 1 unspecified atom stereocenters. The number of piperidine rings is 1. The number of rotatable bonds is 12. The molecule has 0 spiro atoms. The number of aliphatic imine (C=N–C) groups is 1. The number of carbonyl (C=O) groups excluding carboxylic acids is 3. The van der Waals surface area contributed by atoms with Crippen LogP contribution in [0.4, 0.5) is 10.5 Å². The minimum Gasteiger partial charge on any atom is -0.497 e. The Morgan fingerprint density at radius 3 is 2.25 bits per heavy atom. The second kappa shape index (κ2) is 17.3. The molecule has 2 aliphatic rings. The van der Waals surface area contributed by atoms with E-state index >= 15 is 0 Å². The largest absolute Gasteiger partial charge is 0.497 e. The molecule has 2 amide bonds. The van der Waals surface area contributed by atoms with Gasteiger partial charge in [-0.2, -0.15) is 0 Å². The number of nitro benzene ring substituents is 1. The van der Waals surface area contributed by atoms with E-state index in [1.807, 2.05) is 54.6 Å². The first kappa shape index (κ1) is 38.0. The summed E-state index contributed by atoms with van der Waals surface area (Å²) in [6.07, 6.45) is 0.798. The Balaban J connectivity index is 1.33. The number of hydrogen-bond acceptors (Lipinski definition) is 12. The van der Waals surface area contributed by atoms with Gasteiger partial charge in [-0.05, 0) is 86.8 Å². The summed E-state index contributed by atoms with van der Waals surface area (Å²) in [5.41, 5.74) is 2.46. The fraction of sp³-hybridized carbons (Fsp3) is 0.368. The number of hydrogen-bond donors (Lipinski definition) is 1. The van der Waals surface area contributed by atoms with Crippen LogP contribution in [0.3, 0.4) is 0 Å². The van der Waals surface area contributed by atoms with Crippen LogP contribution in [0, 0.1) is 10.1 Å². The number of nitro groups is 1. The number of likely N-dealkylation sites (tertiary alicyclic amines) is 1. The standard InChI is InChI=1S/C38H43N5O8S/c1-26-34(33(28-14-16-30(17-15-28)43(47)48)40-36(39-26)52-25-27-12-18-31(49-2)19-13-27)42(37(46)51-4)32(44)11-8-22-41-23-20-38(21-24-41,35(45)50-3)29-9-6-5-7-10-29/h5-7,9-10,12-19,33H,8,11,20-25H2,1-4H3,(H,39,40). The lowest BCUT2D eigenvalue weighted by molar-refractivity contribution is -0.384. The normalized spacial score (nSPS) is 17.0. The van der Waals surface area contributed by atoms with E-state index in [-0.39, 0.29) is 23.8 Å². The Kier molecular flexibility index (Phi) is 12.7. The van der Waals surface area contributed by atoms with Gasteiger partial charge in [0.25, 0.3) is 5.69 Å². The molecule has 3 aromatic rings. The summed E-state index contributed by atoms with van der Waals surface area (Å²) in [7, 11) is 4.23. The smallest absolute Gasteiger partial charge is 0.420 e. The van der Waals surface area contributed by atoms with Gasteiger partial charge in [0, 0.05) is 24.3 Å². The fourth-order valence-electron chi connectivity index (χ4n) is 6.62. The topological polar surface area (TPSA) is 153 Å². The van der Waals surface area contributed by atoms with Crippen molar-refractivity contribution < 1.29 is 33.5 Å². The number of amides is 2. The van der Waals surface area contributed by atoms with E-state index < -0.39 is 28.4 Å². The van der Waals surface area contributed by atoms with Crippen LogP contribution in [0.15, 0.2) is 95.2 Å². The summed E-state index contributed by atoms with van der Waals surface area (Å²) in [5, 5.41) is 15.3. The quantitative estimate of drug-likeness (QED) is 0.126.